The van der Waals surface area contributed by atoms with Crippen LogP contribution in [-0.2, 0) is 0 Å². The molecule has 0 nitrogen and oxygen atoms in total. The summed E-state index contributed by atoms with van der Waals surface area (Å²) in [4.78, 5) is 0. The van der Waals surface area contributed by atoms with E-state index in [9.17, 15) is 0 Å². The summed E-state index contributed by atoms with van der Waals surface area (Å²) in [6.45, 7) is 6.81. The van der Waals surface area contributed by atoms with Gasteiger partial charge >= 0.3 is 23.1 Å². The first-order chi connectivity index (χ1) is 1.73. The van der Waals surface area contributed by atoms with E-state index in [1.165, 1.54) is 0 Å². The summed E-state index contributed by atoms with van der Waals surface area (Å²) in [6, 6.07) is 0. The van der Waals surface area contributed by atoms with Crippen molar-refractivity contribution in [2.24, 2.45) is 0 Å². The average molecular weight is 149 g/mol. The molecule has 0 amide bonds. The number of hydrogen-bond donors (Lipinski definition) is 0. The summed E-state index contributed by atoms with van der Waals surface area (Å²) in [5.41, 5.74) is 0. The van der Waals surface area contributed by atoms with Crippen LogP contribution in [0.25, 0.3) is 0 Å². The third-order valence-corrected chi connectivity index (χ3v) is 0. The summed E-state index contributed by atoms with van der Waals surface area (Å²) < 4.78 is 0. The molecular weight excluding hydrogens is 136 g/mol. The molecule has 0 saturated carbocycles. The van der Waals surface area contributed by atoms with Gasteiger partial charge in [0.1, 0.15) is 0 Å². The zero-order valence-corrected chi connectivity index (χ0v) is 8.85. The monoisotopic (exact) mass is 148 g/mol. The molecule has 0 aliphatic rings. The van der Waals surface area contributed by atoms with Crippen molar-refractivity contribution in [1.82, 2.24) is 0 Å². The fourth-order valence-corrected chi connectivity index (χ4v) is 0. The van der Waals surface area contributed by atoms with E-state index in [1.54, 1.807) is 0 Å². The van der Waals surface area contributed by atoms with Gasteiger partial charge in [-0.3, -0.25) is 8.80 Å². The Morgan fingerprint density at radius 1 is 1.00 bits per heavy atom. The van der Waals surface area contributed by atoms with Crippen LogP contribution in [0.5, 0.6) is 0 Å². The molecule has 0 fully saturated rings. The van der Waals surface area contributed by atoms with Crippen molar-refractivity contribution in [3.8, 4) is 0 Å². The molecule has 0 aromatic carbocycles. The van der Waals surface area contributed by atoms with E-state index >= 15 is 0 Å². The molecule has 0 radical (unpaired) electrons. The molecule has 42 valence electrons. The van der Waals surface area contributed by atoms with Crippen LogP contribution in [0, 0.1) is 7.43 Å². The first-order valence-corrected chi connectivity index (χ1v) is 4.50. The third kappa shape index (κ3) is 125. The van der Waals surface area contributed by atoms with Gasteiger partial charge in [0.25, 0.3) is 0 Å². The molecule has 0 aromatic rings. The molecule has 0 atom stereocenters. The molecule has 0 saturated heterocycles. The topological polar surface area (TPSA) is 0 Å². The molecule has 0 unspecified atom stereocenters. The van der Waals surface area contributed by atoms with Crippen molar-refractivity contribution in [3.05, 3.63) is 7.43 Å². The summed E-state index contributed by atoms with van der Waals surface area (Å²) >= 11 is 0. The first kappa shape index (κ1) is 24.0. The van der Waals surface area contributed by atoms with E-state index in [0.717, 1.165) is 0 Å². The second kappa shape index (κ2) is 15.7. The van der Waals surface area contributed by atoms with E-state index in [2.05, 4.69) is 19.6 Å². The minimum Gasteiger partial charge on any atom is -0.358 e. The van der Waals surface area contributed by atoms with Gasteiger partial charge in [-0.25, -0.2) is 0 Å². The number of halogens is 1. The minimum absolute atomic E-state index is 0. The SMILES string of the molecule is C[Si-](C)C.Cl.[CH3-].[Mg+2]. The van der Waals surface area contributed by atoms with Crippen LogP contribution in [0.15, 0.2) is 0 Å². The van der Waals surface area contributed by atoms with E-state index in [0.29, 0.717) is 0 Å². The van der Waals surface area contributed by atoms with Gasteiger partial charge in [-0.1, -0.05) is 0 Å². The smallest absolute Gasteiger partial charge is 0.358 e. The second-order valence-corrected chi connectivity index (χ2v) is 4.50. The zero-order valence-electron chi connectivity index (χ0n) is 5.62. The van der Waals surface area contributed by atoms with Crippen molar-refractivity contribution in [1.29, 1.82) is 0 Å². The predicted molar refractivity (Wildman–Crippen MR) is 42.8 cm³/mol. The van der Waals surface area contributed by atoms with Crippen LogP contribution in [0.2, 0.25) is 19.6 Å². The summed E-state index contributed by atoms with van der Waals surface area (Å²) in [5.74, 6) is 0. The Morgan fingerprint density at radius 2 is 1.00 bits per heavy atom. The molecule has 0 aliphatic carbocycles. The fraction of sp³-hybridized carbons (Fsp3) is 0.750. The Morgan fingerprint density at radius 3 is 1.00 bits per heavy atom. The van der Waals surface area contributed by atoms with Gasteiger partial charge in [0, 0.05) is 0 Å². The van der Waals surface area contributed by atoms with Crippen molar-refractivity contribution < 1.29 is 0 Å². The Bertz CT molecular complexity index is 16.4. The summed E-state index contributed by atoms with van der Waals surface area (Å²) in [7, 11) is 0.120. The molecular formula is C4H13ClMgSi. The van der Waals surface area contributed by atoms with Crippen LogP contribution in [0.4, 0.5) is 0 Å². The van der Waals surface area contributed by atoms with Crippen molar-refractivity contribution >= 4 is 44.3 Å². The van der Waals surface area contributed by atoms with E-state index in [1.807, 2.05) is 0 Å². The van der Waals surface area contributed by atoms with Crippen LogP contribution in [-0.4, -0.2) is 31.8 Å². The van der Waals surface area contributed by atoms with E-state index in [-0.39, 0.29) is 51.7 Å². The molecule has 0 N–H and O–H groups in total. The van der Waals surface area contributed by atoms with E-state index in [4.69, 9.17) is 0 Å². The van der Waals surface area contributed by atoms with Crippen molar-refractivity contribution in [2.45, 2.75) is 19.6 Å². The maximum Gasteiger partial charge on any atom is 2.00 e. The minimum atomic E-state index is 0. The molecule has 3 heteroatoms. The average Bonchev–Trinajstić information content (AvgIpc) is 0.811. The van der Waals surface area contributed by atoms with Gasteiger partial charge in [-0.05, 0) is 0 Å². The quantitative estimate of drug-likeness (QED) is 0.364. The Labute approximate surface area is 71.2 Å². The summed E-state index contributed by atoms with van der Waals surface area (Å²) in [5, 5.41) is 0. The van der Waals surface area contributed by atoms with Gasteiger partial charge in [-0.2, -0.15) is 19.6 Å². The molecule has 0 spiro atoms. The molecule has 0 rings (SSSR count). The largest absolute Gasteiger partial charge is 2.00 e. The van der Waals surface area contributed by atoms with Crippen LogP contribution < -0.4 is 0 Å². The normalized spacial score (nSPS) is 5.14. The van der Waals surface area contributed by atoms with Gasteiger partial charge in [0.15, 0.2) is 0 Å². The summed E-state index contributed by atoms with van der Waals surface area (Å²) in [6.07, 6.45) is 0. The molecule has 0 aromatic heterocycles. The number of rotatable bonds is 0. The molecule has 0 aliphatic heterocycles. The Kier molecular flexibility index (Phi) is 53.7. The molecule has 7 heavy (non-hydrogen) atoms. The Hall–Kier alpha value is 1.27. The van der Waals surface area contributed by atoms with Crippen molar-refractivity contribution in [3.63, 3.8) is 0 Å². The molecule has 0 heterocycles. The fourth-order valence-electron chi connectivity index (χ4n) is 0. The van der Waals surface area contributed by atoms with Crippen LogP contribution in [0.1, 0.15) is 0 Å². The Balaban J connectivity index is -0.0000000150. The van der Waals surface area contributed by atoms with Crippen LogP contribution in [0.3, 0.4) is 0 Å². The number of hydrogen-bond acceptors (Lipinski definition) is 0. The zero-order chi connectivity index (χ0) is 3.58. The van der Waals surface area contributed by atoms with Gasteiger partial charge in [0.2, 0.25) is 0 Å². The standard InChI is InChI=1S/C3H9Si.CH3.ClH.Mg/c1-4(2)3;;;/h1-3H3;1H3;1H;/q2*-1;;+2. The van der Waals surface area contributed by atoms with Gasteiger partial charge in [0.05, 0.1) is 0 Å². The third-order valence-electron chi connectivity index (χ3n) is 0. The van der Waals surface area contributed by atoms with Crippen LogP contribution >= 0.6 is 12.4 Å². The van der Waals surface area contributed by atoms with Gasteiger partial charge in [-0.15, -0.1) is 12.4 Å². The first-order valence-electron chi connectivity index (χ1n) is 1.50. The van der Waals surface area contributed by atoms with E-state index < -0.39 is 0 Å². The van der Waals surface area contributed by atoms with Crippen molar-refractivity contribution in [2.75, 3.05) is 0 Å². The second-order valence-electron chi connectivity index (χ2n) is 1.50. The van der Waals surface area contributed by atoms with Gasteiger partial charge < -0.3 is 7.43 Å². The maximum atomic E-state index is 2.27. The predicted octanol–water partition coefficient (Wildman–Crippen LogP) is 1.86. The molecule has 0 bridgehead atoms. The maximum absolute atomic E-state index is 2.27.